The molecule has 2 rings (SSSR count). The highest BCUT2D eigenvalue weighted by atomic mass is 32.1. The summed E-state index contributed by atoms with van der Waals surface area (Å²) in [4.78, 5) is 17.4. The van der Waals surface area contributed by atoms with E-state index >= 15 is 0 Å². The molecule has 0 aliphatic carbocycles. The topological polar surface area (TPSA) is 75.1 Å². The van der Waals surface area contributed by atoms with Crippen molar-refractivity contribution in [2.24, 2.45) is 0 Å². The molecule has 2 heterocycles. The van der Waals surface area contributed by atoms with E-state index in [4.69, 9.17) is 5.11 Å². The van der Waals surface area contributed by atoms with Crippen LogP contribution in [0.25, 0.3) is 0 Å². The second kappa shape index (κ2) is 5.68. The highest BCUT2D eigenvalue weighted by Crippen LogP contribution is 2.35. The van der Waals surface area contributed by atoms with Crippen molar-refractivity contribution in [2.45, 2.75) is 19.1 Å². The van der Waals surface area contributed by atoms with Gasteiger partial charge in [0.25, 0.3) is 0 Å². The van der Waals surface area contributed by atoms with Crippen LogP contribution in [-0.2, 0) is 6.18 Å². The lowest BCUT2D eigenvalue weighted by Crippen LogP contribution is -2.11. The van der Waals surface area contributed by atoms with E-state index in [9.17, 15) is 18.0 Å². The van der Waals surface area contributed by atoms with Crippen LogP contribution in [0.4, 0.5) is 19.0 Å². The molecule has 0 aromatic carbocycles. The molecule has 0 aliphatic heterocycles. The molecule has 1 unspecified atom stereocenters. The van der Waals surface area contributed by atoms with Crippen LogP contribution in [0.3, 0.4) is 0 Å². The maximum Gasteiger partial charge on any atom is 0.425 e. The molecule has 2 N–H and O–H groups in total. The molecule has 2 aromatic heterocycles. The van der Waals surface area contributed by atoms with Crippen LogP contribution in [0.1, 0.15) is 34.0 Å². The van der Waals surface area contributed by atoms with Gasteiger partial charge in [0.05, 0.1) is 6.04 Å². The van der Waals surface area contributed by atoms with Crippen molar-refractivity contribution in [1.29, 1.82) is 0 Å². The number of nitrogens with zero attached hydrogens (tertiary/aromatic N) is 2. The number of alkyl halides is 3. The van der Waals surface area contributed by atoms with Gasteiger partial charge in [0, 0.05) is 6.20 Å². The normalized spacial score (nSPS) is 13.0. The van der Waals surface area contributed by atoms with Gasteiger partial charge in [0.2, 0.25) is 5.82 Å². The fraction of sp³-hybridized carbons (Fsp3) is 0.250. The van der Waals surface area contributed by atoms with Crippen molar-refractivity contribution < 1.29 is 23.1 Å². The summed E-state index contributed by atoms with van der Waals surface area (Å²) < 4.78 is 37.6. The van der Waals surface area contributed by atoms with Crippen molar-refractivity contribution in [2.75, 3.05) is 5.32 Å². The zero-order valence-corrected chi connectivity index (χ0v) is 11.5. The molecule has 21 heavy (non-hydrogen) atoms. The summed E-state index contributed by atoms with van der Waals surface area (Å²) in [5.41, 5.74) is 0.447. The highest BCUT2D eigenvalue weighted by molar-refractivity contribution is 7.10. The van der Waals surface area contributed by atoms with Gasteiger partial charge >= 0.3 is 12.1 Å². The maximum absolute atomic E-state index is 12.5. The van der Waals surface area contributed by atoms with Gasteiger partial charge in [-0.2, -0.15) is 13.2 Å². The van der Waals surface area contributed by atoms with Crippen LogP contribution in [0.15, 0.2) is 23.7 Å². The number of hydrogen-bond acceptors (Lipinski definition) is 5. The number of rotatable bonds is 4. The number of carbonyl (C=O) groups is 1. The summed E-state index contributed by atoms with van der Waals surface area (Å²) in [7, 11) is 0. The second-order valence-electron chi connectivity index (χ2n) is 4.18. The fourth-order valence-electron chi connectivity index (χ4n) is 1.57. The van der Waals surface area contributed by atoms with Gasteiger partial charge in [-0.1, -0.05) is 0 Å². The summed E-state index contributed by atoms with van der Waals surface area (Å²) in [5, 5.41) is 13.0. The average Bonchev–Trinajstić information content (AvgIpc) is 2.88. The zero-order valence-electron chi connectivity index (χ0n) is 10.7. The summed E-state index contributed by atoms with van der Waals surface area (Å²) in [6, 6.07) is 2.05. The first kappa shape index (κ1) is 15.2. The summed E-state index contributed by atoms with van der Waals surface area (Å²) >= 11 is 0.612. The van der Waals surface area contributed by atoms with E-state index in [-0.39, 0.29) is 11.6 Å². The van der Waals surface area contributed by atoms with Crippen LogP contribution in [0.2, 0.25) is 0 Å². The summed E-state index contributed by atoms with van der Waals surface area (Å²) in [5.74, 6) is -1.43. The number of aromatic carboxylic acids is 1. The molecule has 0 radical (unpaired) electrons. The fourth-order valence-corrected chi connectivity index (χ4v) is 2.45. The Morgan fingerprint density at radius 3 is 2.76 bits per heavy atom. The average molecular weight is 317 g/mol. The van der Waals surface area contributed by atoms with Gasteiger partial charge in [-0.05, 0) is 30.0 Å². The Balaban J connectivity index is 2.14. The Morgan fingerprint density at radius 1 is 1.48 bits per heavy atom. The van der Waals surface area contributed by atoms with Crippen molar-refractivity contribution in [3.05, 3.63) is 40.0 Å². The van der Waals surface area contributed by atoms with E-state index in [1.807, 2.05) is 0 Å². The highest BCUT2D eigenvalue weighted by Gasteiger charge is 2.32. The van der Waals surface area contributed by atoms with Gasteiger partial charge in [-0.25, -0.2) is 14.8 Å². The Labute approximate surface area is 121 Å². The van der Waals surface area contributed by atoms with E-state index in [2.05, 4.69) is 15.3 Å². The van der Waals surface area contributed by atoms with Gasteiger partial charge in [0.15, 0.2) is 0 Å². The summed E-state index contributed by atoms with van der Waals surface area (Å²) in [6.07, 6.45) is -3.10. The third kappa shape index (κ3) is 3.69. The first-order valence-electron chi connectivity index (χ1n) is 5.76. The molecule has 0 aliphatic rings. The molecule has 0 saturated heterocycles. The second-order valence-corrected chi connectivity index (χ2v) is 5.09. The number of thiophene rings is 1. The minimum Gasteiger partial charge on any atom is -0.475 e. The zero-order chi connectivity index (χ0) is 15.6. The molecule has 0 spiro atoms. The molecule has 0 amide bonds. The molecule has 9 heteroatoms. The lowest BCUT2D eigenvalue weighted by molar-refractivity contribution is -0.134. The molecule has 5 nitrogen and oxygen atoms in total. The molecule has 112 valence electrons. The standard InChI is InChI=1S/C12H10F3N3O2S/c1-6(7-4-8(21-5-7)12(13,14)15)17-9-2-3-16-10(18-9)11(19)20/h2-6H,1H3,(H,19,20)(H,16,17,18). The first-order valence-corrected chi connectivity index (χ1v) is 6.64. The lowest BCUT2D eigenvalue weighted by Gasteiger charge is -2.13. The van der Waals surface area contributed by atoms with E-state index in [0.29, 0.717) is 16.9 Å². The minimum absolute atomic E-state index is 0.231. The molecule has 1 atom stereocenters. The minimum atomic E-state index is -4.37. The van der Waals surface area contributed by atoms with Crippen molar-refractivity contribution >= 4 is 23.1 Å². The third-order valence-electron chi connectivity index (χ3n) is 2.61. The van der Waals surface area contributed by atoms with Crippen molar-refractivity contribution in [3.8, 4) is 0 Å². The van der Waals surface area contributed by atoms with Crippen LogP contribution in [0.5, 0.6) is 0 Å². The van der Waals surface area contributed by atoms with Gasteiger partial charge in [0.1, 0.15) is 10.7 Å². The molecular weight excluding hydrogens is 307 g/mol. The Hall–Kier alpha value is -2.16. The molecule has 0 saturated carbocycles. The maximum atomic E-state index is 12.5. The Bertz CT molecular complexity index is 657. The SMILES string of the molecule is CC(Nc1ccnc(C(=O)O)n1)c1csc(C(F)(F)F)c1. The predicted octanol–water partition coefficient (Wildman–Crippen LogP) is 3.43. The molecular formula is C12H10F3N3O2S. The van der Waals surface area contributed by atoms with Crippen molar-refractivity contribution in [3.63, 3.8) is 0 Å². The van der Waals surface area contributed by atoms with Crippen LogP contribution in [0, 0.1) is 0 Å². The number of anilines is 1. The predicted molar refractivity (Wildman–Crippen MR) is 70.4 cm³/mol. The first-order chi connectivity index (χ1) is 9.77. The van der Waals surface area contributed by atoms with Crippen LogP contribution < -0.4 is 5.32 Å². The third-order valence-corrected chi connectivity index (χ3v) is 3.60. The largest absolute Gasteiger partial charge is 0.475 e. The molecule has 2 aromatic rings. The Kier molecular flexibility index (Phi) is 4.12. The molecule has 0 fully saturated rings. The number of nitrogens with one attached hydrogen (secondary N) is 1. The van der Waals surface area contributed by atoms with Crippen molar-refractivity contribution in [1.82, 2.24) is 9.97 Å². The quantitative estimate of drug-likeness (QED) is 0.903. The number of aromatic nitrogens is 2. The number of carboxylic acids is 1. The monoisotopic (exact) mass is 317 g/mol. The smallest absolute Gasteiger partial charge is 0.425 e. The van der Waals surface area contributed by atoms with Gasteiger partial charge in [-0.15, -0.1) is 11.3 Å². The van der Waals surface area contributed by atoms with E-state index in [1.54, 1.807) is 6.92 Å². The van der Waals surface area contributed by atoms with E-state index in [1.165, 1.54) is 17.6 Å². The van der Waals surface area contributed by atoms with Gasteiger partial charge in [-0.3, -0.25) is 0 Å². The number of carboxylic acid groups (broad SMARTS) is 1. The number of hydrogen-bond donors (Lipinski definition) is 2. The van der Waals surface area contributed by atoms with Crippen LogP contribution in [-0.4, -0.2) is 21.0 Å². The van der Waals surface area contributed by atoms with Crippen LogP contribution >= 0.6 is 11.3 Å². The molecule has 0 bridgehead atoms. The van der Waals surface area contributed by atoms with Gasteiger partial charge < -0.3 is 10.4 Å². The van der Waals surface area contributed by atoms with E-state index < -0.39 is 23.1 Å². The summed E-state index contributed by atoms with van der Waals surface area (Å²) in [6.45, 7) is 1.66. The lowest BCUT2D eigenvalue weighted by atomic mass is 10.1. The van der Waals surface area contributed by atoms with E-state index in [0.717, 1.165) is 6.07 Å². The number of halogens is 3. The Morgan fingerprint density at radius 2 is 2.19 bits per heavy atom.